The lowest BCUT2D eigenvalue weighted by molar-refractivity contribution is 0.131. The summed E-state index contributed by atoms with van der Waals surface area (Å²) in [4.78, 5) is 32.8. The molecule has 0 amide bonds. The Morgan fingerprint density at radius 1 is 1.06 bits per heavy atom. The van der Waals surface area contributed by atoms with Crippen LogP contribution in [-0.4, -0.2) is 36.2 Å². The van der Waals surface area contributed by atoms with Gasteiger partial charge in [-0.3, -0.25) is 18.8 Å². The van der Waals surface area contributed by atoms with Crippen molar-refractivity contribution in [3.63, 3.8) is 0 Å². The average molecular weight is 464 g/mol. The fourth-order valence-corrected chi connectivity index (χ4v) is 4.84. The molecule has 3 heterocycles. The highest BCUT2D eigenvalue weighted by atomic mass is 35.5. The molecule has 0 aliphatic carbocycles. The highest BCUT2D eigenvalue weighted by Gasteiger charge is 2.25. The van der Waals surface area contributed by atoms with Gasteiger partial charge in [0, 0.05) is 26.7 Å². The van der Waals surface area contributed by atoms with Crippen molar-refractivity contribution in [1.29, 1.82) is 0 Å². The normalized spacial score (nSPS) is 17.5. The van der Waals surface area contributed by atoms with Crippen LogP contribution in [0.1, 0.15) is 44.0 Å². The van der Waals surface area contributed by atoms with E-state index in [-0.39, 0.29) is 11.2 Å². The van der Waals surface area contributed by atoms with Crippen LogP contribution in [-0.2, 0) is 27.2 Å². The zero-order chi connectivity index (χ0) is 22.3. The first kappa shape index (κ1) is 22.1. The van der Waals surface area contributed by atoms with Crippen molar-refractivity contribution >= 4 is 34.4 Å². The Morgan fingerprint density at radius 2 is 1.84 bits per heavy atom. The third kappa shape index (κ3) is 4.06. The van der Waals surface area contributed by atoms with Gasteiger partial charge in [-0.2, -0.15) is 0 Å². The van der Waals surface area contributed by atoms with Crippen LogP contribution in [0.2, 0.25) is 10.0 Å². The molecule has 0 saturated carbocycles. The van der Waals surface area contributed by atoms with Crippen molar-refractivity contribution in [2.45, 2.75) is 51.7 Å². The van der Waals surface area contributed by atoms with E-state index in [0.717, 1.165) is 35.3 Å². The number of nitrogens with zero attached hydrogens (tertiary/aromatic N) is 5. The topological polar surface area (TPSA) is 65.1 Å². The van der Waals surface area contributed by atoms with Gasteiger partial charge in [0.25, 0.3) is 5.56 Å². The summed E-state index contributed by atoms with van der Waals surface area (Å²) in [6.07, 6.45) is 4.64. The minimum absolute atomic E-state index is 0.345. The van der Waals surface area contributed by atoms with Gasteiger partial charge in [0.1, 0.15) is 5.82 Å². The van der Waals surface area contributed by atoms with Crippen molar-refractivity contribution in [2.75, 3.05) is 6.54 Å². The lowest BCUT2D eigenvalue weighted by Crippen LogP contribution is -2.39. The highest BCUT2D eigenvalue weighted by Crippen LogP contribution is 2.26. The Hall–Kier alpha value is -2.09. The van der Waals surface area contributed by atoms with E-state index in [0.29, 0.717) is 40.3 Å². The second-order valence-corrected chi connectivity index (χ2v) is 9.08. The summed E-state index contributed by atoms with van der Waals surface area (Å²) in [7, 11) is 3.15. The molecule has 0 bridgehead atoms. The van der Waals surface area contributed by atoms with E-state index in [4.69, 9.17) is 28.2 Å². The Balaban J connectivity index is 1.87. The van der Waals surface area contributed by atoms with Crippen LogP contribution < -0.4 is 11.2 Å². The third-order valence-corrected chi connectivity index (χ3v) is 7.06. The lowest BCUT2D eigenvalue weighted by atomic mass is 10.00. The van der Waals surface area contributed by atoms with E-state index in [1.54, 1.807) is 13.1 Å². The molecule has 1 atom stereocenters. The molecule has 166 valence electrons. The number of hydrogen-bond acceptors (Lipinski definition) is 4. The summed E-state index contributed by atoms with van der Waals surface area (Å²) < 4.78 is 4.51. The number of fused-ring (bicyclic) bond motifs is 1. The molecule has 7 nitrogen and oxygen atoms in total. The summed E-state index contributed by atoms with van der Waals surface area (Å²) >= 11 is 12.3. The number of benzene rings is 1. The summed E-state index contributed by atoms with van der Waals surface area (Å²) in [5.74, 6) is 0.778. The van der Waals surface area contributed by atoms with E-state index in [1.807, 2.05) is 16.7 Å². The number of aromatic nitrogens is 4. The second kappa shape index (κ2) is 8.81. The first-order chi connectivity index (χ1) is 14.8. The van der Waals surface area contributed by atoms with E-state index in [9.17, 15) is 9.59 Å². The average Bonchev–Trinajstić information content (AvgIpc) is 3.11. The van der Waals surface area contributed by atoms with Crippen LogP contribution in [0.5, 0.6) is 0 Å². The first-order valence-corrected chi connectivity index (χ1v) is 11.4. The third-order valence-electron chi connectivity index (χ3n) is 6.32. The molecule has 0 spiro atoms. The van der Waals surface area contributed by atoms with E-state index in [1.165, 1.54) is 24.5 Å². The molecule has 0 N–H and O–H groups in total. The Morgan fingerprint density at radius 3 is 2.55 bits per heavy atom. The van der Waals surface area contributed by atoms with Crippen LogP contribution in [0.3, 0.4) is 0 Å². The van der Waals surface area contributed by atoms with Crippen LogP contribution in [0.4, 0.5) is 0 Å². The molecule has 1 aliphatic rings. The zero-order valence-corrected chi connectivity index (χ0v) is 19.6. The summed E-state index contributed by atoms with van der Waals surface area (Å²) in [5.41, 5.74) is 1.02. The molecule has 9 heteroatoms. The van der Waals surface area contributed by atoms with Gasteiger partial charge >= 0.3 is 5.69 Å². The summed E-state index contributed by atoms with van der Waals surface area (Å²) in [6, 6.07) is 5.95. The molecule has 0 radical (unpaired) electrons. The highest BCUT2D eigenvalue weighted by molar-refractivity contribution is 6.42. The van der Waals surface area contributed by atoms with Crippen molar-refractivity contribution in [1.82, 2.24) is 23.6 Å². The molecule has 1 saturated heterocycles. The van der Waals surface area contributed by atoms with Crippen LogP contribution in [0, 0.1) is 0 Å². The quantitative estimate of drug-likeness (QED) is 0.580. The van der Waals surface area contributed by atoms with Crippen molar-refractivity contribution in [3.8, 4) is 0 Å². The molecular formula is C22H27Cl2N5O2. The molecule has 31 heavy (non-hydrogen) atoms. The van der Waals surface area contributed by atoms with Crippen LogP contribution >= 0.6 is 23.2 Å². The number of aryl methyl sites for hydroxylation is 1. The predicted octanol–water partition coefficient (Wildman–Crippen LogP) is 3.55. The maximum Gasteiger partial charge on any atom is 0.332 e. The molecule has 1 fully saturated rings. The fraction of sp³-hybridized carbons (Fsp3) is 0.500. The molecule has 1 unspecified atom stereocenters. The Kier molecular flexibility index (Phi) is 6.28. The van der Waals surface area contributed by atoms with E-state index in [2.05, 4.69) is 11.8 Å². The van der Waals surface area contributed by atoms with Crippen LogP contribution in [0.25, 0.3) is 11.2 Å². The Labute approximate surface area is 190 Å². The number of halogens is 2. The predicted molar refractivity (Wildman–Crippen MR) is 124 cm³/mol. The molecule has 4 rings (SSSR count). The van der Waals surface area contributed by atoms with Gasteiger partial charge in [0.15, 0.2) is 11.2 Å². The monoisotopic (exact) mass is 463 g/mol. The molecule has 1 aliphatic heterocycles. The molecule has 1 aromatic carbocycles. The molecule has 2 aromatic heterocycles. The van der Waals surface area contributed by atoms with E-state index >= 15 is 0 Å². The SMILES string of the molecule is CCC1CCCCN1Cc1nc2c(c(=O)n(C)c(=O)n2C)n1Cc1ccc(Cl)c(Cl)c1. The lowest BCUT2D eigenvalue weighted by Gasteiger charge is -2.34. The Bertz CT molecular complexity index is 1240. The maximum atomic E-state index is 13.1. The van der Waals surface area contributed by atoms with Gasteiger partial charge in [0.2, 0.25) is 0 Å². The standard InChI is InChI=1S/C22H27Cl2N5O2/c1-4-15-7-5-6-10-28(15)13-18-25-20-19(21(30)27(3)22(31)26(20)2)29(18)12-14-8-9-16(23)17(24)11-14/h8-9,11,15H,4-7,10,12-13H2,1-3H3. The first-order valence-electron chi connectivity index (χ1n) is 10.6. The maximum absolute atomic E-state index is 13.1. The van der Waals surface area contributed by atoms with Gasteiger partial charge < -0.3 is 4.57 Å². The number of imidazole rings is 1. The van der Waals surface area contributed by atoms with Gasteiger partial charge in [-0.25, -0.2) is 9.78 Å². The number of piperidine rings is 1. The van der Waals surface area contributed by atoms with Gasteiger partial charge in [-0.15, -0.1) is 0 Å². The number of hydrogen-bond donors (Lipinski definition) is 0. The van der Waals surface area contributed by atoms with Gasteiger partial charge in [-0.1, -0.05) is 42.6 Å². The largest absolute Gasteiger partial charge is 0.332 e. The van der Waals surface area contributed by atoms with Crippen molar-refractivity contribution in [2.24, 2.45) is 14.1 Å². The number of likely N-dealkylation sites (tertiary alicyclic amines) is 1. The van der Waals surface area contributed by atoms with E-state index < -0.39 is 0 Å². The van der Waals surface area contributed by atoms with Gasteiger partial charge in [-0.05, 0) is 43.5 Å². The van der Waals surface area contributed by atoms with Crippen LogP contribution in [0.15, 0.2) is 27.8 Å². The van der Waals surface area contributed by atoms with Crippen molar-refractivity contribution < 1.29 is 0 Å². The summed E-state index contributed by atoms with van der Waals surface area (Å²) in [5, 5.41) is 0.950. The minimum atomic E-state index is -0.382. The van der Waals surface area contributed by atoms with Crippen molar-refractivity contribution in [3.05, 3.63) is 60.5 Å². The van der Waals surface area contributed by atoms with Gasteiger partial charge in [0.05, 0.1) is 16.6 Å². The summed E-state index contributed by atoms with van der Waals surface area (Å²) in [6.45, 7) is 4.26. The minimum Gasteiger partial charge on any atom is -0.317 e. The zero-order valence-electron chi connectivity index (χ0n) is 18.1. The molecule has 3 aromatic rings. The molecular weight excluding hydrogens is 437 g/mol. The fourth-order valence-electron chi connectivity index (χ4n) is 4.52. The number of rotatable bonds is 5. The smallest absolute Gasteiger partial charge is 0.317 e. The second-order valence-electron chi connectivity index (χ2n) is 8.27.